The zero-order valence-corrected chi connectivity index (χ0v) is 27.2. The quantitative estimate of drug-likeness (QED) is 0.164. The van der Waals surface area contributed by atoms with Crippen molar-refractivity contribution in [1.82, 2.24) is 5.32 Å². The highest BCUT2D eigenvalue weighted by Crippen LogP contribution is 2.32. The van der Waals surface area contributed by atoms with Gasteiger partial charge in [-0.15, -0.1) is 12.4 Å². The minimum absolute atomic E-state index is 0. The number of carbonyl (C=O) groups is 2. The Morgan fingerprint density at radius 3 is 1.53 bits per heavy atom. The van der Waals surface area contributed by atoms with E-state index in [1.807, 2.05) is 45.0 Å². The monoisotopic (exact) mass is 611 g/mol. The van der Waals surface area contributed by atoms with Crippen molar-refractivity contribution in [1.29, 1.82) is 0 Å². The summed E-state index contributed by atoms with van der Waals surface area (Å²) in [5.74, 6) is -1.04. The molecule has 1 atom stereocenters. The van der Waals surface area contributed by atoms with Gasteiger partial charge in [0.15, 0.2) is 11.5 Å². The molecule has 0 spiro atoms. The first-order chi connectivity index (χ1) is 20.0. The van der Waals surface area contributed by atoms with Gasteiger partial charge in [-0.3, -0.25) is 0 Å². The van der Waals surface area contributed by atoms with E-state index in [1.165, 1.54) is 0 Å². The second kappa shape index (κ2) is 16.3. The number of nitrogens with one attached hydrogen (secondary N) is 1. The fourth-order valence-corrected chi connectivity index (χ4v) is 4.53. The molecular weight excluding hydrogens is 566 g/mol. The normalized spacial score (nSPS) is 11.7. The highest BCUT2D eigenvalue weighted by Gasteiger charge is 2.21. The number of halogens is 1. The summed E-state index contributed by atoms with van der Waals surface area (Å²) in [7, 11) is 0. The zero-order valence-electron chi connectivity index (χ0n) is 26.3. The third-order valence-corrected chi connectivity index (χ3v) is 7.05. The first kappa shape index (κ1) is 35.6. The van der Waals surface area contributed by atoms with Gasteiger partial charge in [0, 0.05) is 49.6 Å². The van der Waals surface area contributed by atoms with Gasteiger partial charge in [-0.1, -0.05) is 6.07 Å². The van der Waals surface area contributed by atoms with Gasteiger partial charge >= 0.3 is 11.9 Å². The fourth-order valence-electron chi connectivity index (χ4n) is 4.53. The van der Waals surface area contributed by atoms with Crippen LogP contribution in [0.2, 0.25) is 0 Å². The second-order valence-corrected chi connectivity index (χ2v) is 11.1. The van der Waals surface area contributed by atoms with Crippen LogP contribution >= 0.6 is 12.4 Å². The Kier molecular flexibility index (Phi) is 13.5. The van der Waals surface area contributed by atoms with Crippen molar-refractivity contribution in [2.75, 3.05) is 42.5 Å². The van der Waals surface area contributed by atoms with E-state index >= 15 is 0 Å². The molecule has 234 valence electrons. The molecule has 9 heteroatoms. The number of rotatable bonds is 13. The van der Waals surface area contributed by atoms with Crippen LogP contribution in [0, 0.1) is 0 Å². The van der Waals surface area contributed by atoms with E-state index in [0.717, 1.165) is 37.6 Å². The van der Waals surface area contributed by atoms with Crippen LogP contribution in [0.5, 0.6) is 11.5 Å². The molecule has 0 aliphatic carbocycles. The molecule has 0 aliphatic rings. The van der Waals surface area contributed by atoms with E-state index in [9.17, 15) is 14.7 Å². The van der Waals surface area contributed by atoms with E-state index in [1.54, 1.807) is 42.5 Å². The van der Waals surface area contributed by atoms with Crippen LogP contribution in [0.3, 0.4) is 0 Å². The summed E-state index contributed by atoms with van der Waals surface area (Å²) in [4.78, 5) is 30.6. The number of ether oxygens (including phenoxy) is 2. The zero-order chi connectivity index (χ0) is 30.9. The summed E-state index contributed by atoms with van der Waals surface area (Å²) in [6, 6.07) is 19.1. The van der Waals surface area contributed by atoms with Crippen molar-refractivity contribution in [2.45, 2.75) is 60.1 Å². The first-order valence-corrected chi connectivity index (χ1v) is 14.7. The summed E-state index contributed by atoms with van der Waals surface area (Å²) < 4.78 is 11.5. The molecule has 0 aromatic heterocycles. The lowest BCUT2D eigenvalue weighted by molar-refractivity contribution is 0.0681. The topological polar surface area (TPSA) is 91.3 Å². The van der Waals surface area contributed by atoms with E-state index in [4.69, 9.17) is 9.47 Å². The van der Waals surface area contributed by atoms with Crippen molar-refractivity contribution in [2.24, 2.45) is 0 Å². The van der Waals surface area contributed by atoms with Crippen LogP contribution in [0.4, 0.5) is 11.4 Å². The largest absolute Gasteiger partial charge is 0.419 e. The number of aliphatic hydroxyl groups is 1. The van der Waals surface area contributed by atoms with Gasteiger partial charge in [-0.05, 0) is 115 Å². The standard InChI is InChI=1S/C34H45N3O5.ClH/c1-8-36(9-2)27-17-12-24(13-18-27)32(39)41-30-21-16-26(29(38)23-35-34(5,6)7)22-31(30)42-33(40)25-14-19-28(20-15-25)37(10-3)11-4;/h12-22,29,35,38H,8-11,23H2,1-7H3;1H. The van der Waals surface area contributed by atoms with E-state index < -0.39 is 18.0 Å². The predicted molar refractivity (Wildman–Crippen MR) is 176 cm³/mol. The van der Waals surface area contributed by atoms with Gasteiger partial charge in [0.1, 0.15) is 0 Å². The average Bonchev–Trinajstić information content (AvgIpc) is 2.98. The smallest absolute Gasteiger partial charge is 0.343 e. The van der Waals surface area contributed by atoms with Crippen molar-refractivity contribution in [3.05, 3.63) is 83.4 Å². The summed E-state index contributed by atoms with van der Waals surface area (Å²) in [5.41, 5.74) is 3.08. The summed E-state index contributed by atoms with van der Waals surface area (Å²) in [6.07, 6.45) is -0.868. The van der Waals surface area contributed by atoms with Crippen molar-refractivity contribution < 1.29 is 24.2 Å². The molecule has 3 rings (SSSR count). The van der Waals surface area contributed by atoms with Crippen LogP contribution in [0.1, 0.15) is 80.8 Å². The molecular formula is C34H46ClN3O5. The van der Waals surface area contributed by atoms with Gasteiger partial charge < -0.3 is 29.7 Å². The molecule has 0 amide bonds. The minimum atomic E-state index is -0.868. The SMILES string of the molecule is CCN(CC)c1ccc(C(=O)Oc2ccc(C(O)CNC(C)(C)C)cc2OC(=O)c2ccc(N(CC)CC)cc2)cc1.Cl. The maximum atomic E-state index is 13.2. The maximum absolute atomic E-state index is 13.2. The molecule has 43 heavy (non-hydrogen) atoms. The van der Waals surface area contributed by atoms with Gasteiger partial charge in [0.05, 0.1) is 17.2 Å². The fraction of sp³-hybridized carbons (Fsp3) is 0.412. The third-order valence-electron chi connectivity index (χ3n) is 7.05. The molecule has 0 aliphatic heterocycles. The predicted octanol–water partition coefficient (Wildman–Crippen LogP) is 6.66. The number of aliphatic hydroxyl groups excluding tert-OH is 1. The molecule has 0 saturated heterocycles. The number of hydrogen-bond acceptors (Lipinski definition) is 8. The molecule has 0 fully saturated rings. The van der Waals surface area contributed by atoms with E-state index in [-0.39, 0.29) is 29.4 Å². The van der Waals surface area contributed by atoms with Gasteiger partial charge in [0.25, 0.3) is 0 Å². The third kappa shape index (κ3) is 9.99. The molecule has 3 aromatic rings. The second-order valence-electron chi connectivity index (χ2n) is 11.1. The van der Waals surface area contributed by atoms with Crippen LogP contribution < -0.4 is 24.6 Å². The Morgan fingerprint density at radius 1 is 0.721 bits per heavy atom. The highest BCUT2D eigenvalue weighted by molar-refractivity contribution is 5.93. The molecule has 2 N–H and O–H groups in total. The van der Waals surface area contributed by atoms with Crippen molar-refractivity contribution in [3.8, 4) is 11.5 Å². The number of nitrogens with zero attached hydrogens (tertiary/aromatic N) is 2. The van der Waals surface area contributed by atoms with Gasteiger partial charge in [-0.2, -0.15) is 0 Å². The lowest BCUT2D eigenvalue weighted by Gasteiger charge is -2.23. The lowest BCUT2D eigenvalue weighted by atomic mass is 10.1. The van der Waals surface area contributed by atoms with Crippen LogP contribution in [0.25, 0.3) is 0 Å². The number of β-amino-alcohol motifs (C(OH)–C–C–N with tert-alkyl or cyclic N) is 1. The highest BCUT2D eigenvalue weighted by atomic mass is 35.5. The Morgan fingerprint density at radius 2 is 1.14 bits per heavy atom. The van der Waals surface area contributed by atoms with E-state index in [2.05, 4.69) is 42.8 Å². The average molecular weight is 612 g/mol. The minimum Gasteiger partial charge on any atom is -0.419 e. The molecule has 0 saturated carbocycles. The Balaban J connectivity index is 0.00000645. The maximum Gasteiger partial charge on any atom is 0.343 e. The van der Waals surface area contributed by atoms with Crippen LogP contribution in [-0.2, 0) is 0 Å². The number of hydrogen-bond donors (Lipinski definition) is 2. The Hall–Kier alpha value is -3.59. The number of benzene rings is 3. The van der Waals surface area contributed by atoms with Crippen molar-refractivity contribution in [3.63, 3.8) is 0 Å². The summed E-state index contributed by atoms with van der Waals surface area (Å²) in [5, 5.41) is 14.1. The summed E-state index contributed by atoms with van der Waals surface area (Å²) >= 11 is 0. The van der Waals surface area contributed by atoms with Gasteiger partial charge in [0.2, 0.25) is 0 Å². The van der Waals surface area contributed by atoms with Gasteiger partial charge in [-0.25, -0.2) is 9.59 Å². The molecule has 1 unspecified atom stereocenters. The molecule has 3 aromatic carbocycles. The first-order valence-electron chi connectivity index (χ1n) is 14.7. The van der Waals surface area contributed by atoms with Crippen LogP contribution in [-0.4, -0.2) is 55.3 Å². The number of esters is 2. The number of carbonyl (C=O) groups excluding carboxylic acids is 2. The summed E-state index contributed by atoms with van der Waals surface area (Å²) in [6.45, 7) is 18.1. The molecule has 0 radical (unpaired) electrons. The molecule has 0 bridgehead atoms. The van der Waals surface area contributed by atoms with E-state index in [0.29, 0.717) is 23.2 Å². The number of anilines is 2. The molecule has 0 heterocycles. The Bertz CT molecular complexity index is 1320. The lowest BCUT2D eigenvalue weighted by Crippen LogP contribution is -2.38. The molecule has 8 nitrogen and oxygen atoms in total. The van der Waals surface area contributed by atoms with Crippen molar-refractivity contribution >= 4 is 35.7 Å². The Labute approximate surface area is 262 Å². The van der Waals surface area contributed by atoms with Crippen LogP contribution in [0.15, 0.2) is 66.7 Å².